The van der Waals surface area contributed by atoms with Gasteiger partial charge < -0.3 is 20.1 Å². The fourth-order valence-electron chi connectivity index (χ4n) is 3.30. The van der Waals surface area contributed by atoms with E-state index in [-0.39, 0.29) is 12.5 Å². The molecule has 4 aromatic rings. The van der Waals surface area contributed by atoms with Gasteiger partial charge in [0, 0.05) is 11.4 Å². The summed E-state index contributed by atoms with van der Waals surface area (Å²) >= 11 is 0. The smallest absolute Gasteiger partial charge is 0.329 e. The van der Waals surface area contributed by atoms with Gasteiger partial charge >= 0.3 is 11.8 Å². The van der Waals surface area contributed by atoms with Crippen LogP contribution in [0.25, 0.3) is 0 Å². The number of hydrazone groups is 1. The molecule has 0 radical (unpaired) electrons. The molecule has 4 aromatic carbocycles. The van der Waals surface area contributed by atoms with Crippen molar-refractivity contribution in [1.82, 2.24) is 5.43 Å². The maximum absolute atomic E-state index is 12.2. The topological polar surface area (TPSA) is 118 Å². The van der Waals surface area contributed by atoms with Crippen LogP contribution in [0.4, 0.5) is 11.4 Å². The molecule has 196 valence electrons. The molecular formula is C30H26N4O5. The van der Waals surface area contributed by atoms with Crippen LogP contribution in [0.1, 0.15) is 11.1 Å². The number of para-hydroxylation sites is 1. The van der Waals surface area contributed by atoms with Crippen LogP contribution in [-0.2, 0) is 21.0 Å². The summed E-state index contributed by atoms with van der Waals surface area (Å²) in [6.07, 6.45) is 1.38. The van der Waals surface area contributed by atoms with E-state index < -0.39 is 11.8 Å². The second-order valence-electron chi connectivity index (χ2n) is 8.22. The van der Waals surface area contributed by atoms with Gasteiger partial charge in [-0.3, -0.25) is 14.4 Å². The van der Waals surface area contributed by atoms with E-state index >= 15 is 0 Å². The van der Waals surface area contributed by atoms with Gasteiger partial charge in [0.2, 0.25) is 0 Å². The molecule has 4 rings (SSSR count). The predicted molar refractivity (Wildman–Crippen MR) is 149 cm³/mol. The number of amides is 3. The number of rotatable bonds is 10. The summed E-state index contributed by atoms with van der Waals surface area (Å²) in [5.74, 6) is -0.920. The van der Waals surface area contributed by atoms with E-state index in [1.54, 1.807) is 60.7 Å². The summed E-state index contributed by atoms with van der Waals surface area (Å²) in [5, 5.41) is 9.06. The van der Waals surface area contributed by atoms with Crippen molar-refractivity contribution in [1.29, 1.82) is 0 Å². The van der Waals surface area contributed by atoms with Crippen LogP contribution in [-0.4, -0.2) is 30.5 Å². The monoisotopic (exact) mass is 522 g/mol. The zero-order valence-corrected chi connectivity index (χ0v) is 20.9. The van der Waals surface area contributed by atoms with Gasteiger partial charge in [-0.2, -0.15) is 5.10 Å². The molecule has 0 bridgehead atoms. The van der Waals surface area contributed by atoms with Gasteiger partial charge in [0.15, 0.2) is 6.61 Å². The van der Waals surface area contributed by atoms with E-state index in [4.69, 9.17) is 9.47 Å². The fourth-order valence-corrected chi connectivity index (χ4v) is 3.30. The van der Waals surface area contributed by atoms with Crippen LogP contribution < -0.4 is 25.5 Å². The van der Waals surface area contributed by atoms with Gasteiger partial charge in [-0.15, -0.1) is 0 Å². The quantitative estimate of drug-likeness (QED) is 0.162. The predicted octanol–water partition coefficient (Wildman–Crippen LogP) is 4.37. The molecule has 39 heavy (non-hydrogen) atoms. The fraction of sp³-hybridized carbons (Fsp3) is 0.0667. The number of anilines is 2. The SMILES string of the molecule is O=C(COc1ccc(/C=N\NC(=O)C(=O)Nc2ccc(OCc3ccccc3)cc2)cc1)Nc1ccccc1. The Balaban J connectivity index is 1.17. The number of hydrogen-bond donors (Lipinski definition) is 3. The standard InChI is InChI=1S/C30H26N4O5/c35-28(32-24-9-5-2-6-10-24)21-39-26-15-11-22(12-16-26)19-31-34-30(37)29(36)33-25-13-17-27(18-14-25)38-20-23-7-3-1-4-8-23/h1-19H,20-21H2,(H,32,35)(H,33,36)(H,34,37)/b31-19-. The van der Waals surface area contributed by atoms with Gasteiger partial charge in [0.1, 0.15) is 18.1 Å². The lowest BCUT2D eigenvalue weighted by Gasteiger charge is -2.08. The van der Waals surface area contributed by atoms with Gasteiger partial charge in [-0.25, -0.2) is 5.43 Å². The Morgan fingerprint density at radius 3 is 1.92 bits per heavy atom. The van der Waals surface area contributed by atoms with E-state index in [9.17, 15) is 14.4 Å². The zero-order valence-electron chi connectivity index (χ0n) is 20.9. The molecule has 3 N–H and O–H groups in total. The number of nitrogens with one attached hydrogen (secondary N) is 3. The molecule has 0 atom stereocenters. The van der Waals surface area contributed by atoms with Crippen molar-refractivity contribution in [3.8, 4) is 11.5 Å². The number of nitrogens with zero attached hydrogens (tertiary/aromatic N) is 1. The summed E-state index contributed by atoms with van der Waals surface area (Å²) in [5.41, 5.74) is 5.02. The second kappa shape index (κ2) is 13.8. The molecule has 9 heteroatoms. The molecule has 0 aromatic heterocycles. The largest absolute Gasteiger partial charge is 0.489 e. The third-order valence-electron chi connectivity index (χ3n) is 5.25. The molecule has 0 aliphatic carbocycles. The average Bonchev–Trinajstić information content (AvgIpc) is 2.97. The van der Waals surface area contributed by atoms with Crippen LogP contribution in [0, 0.1) is 0 Å². The summed E-state index contributed by atoms with van der Waals surface area (Å²) < 4.78 is 11.2. The minimum atomic E-state index is -0.917. The Labute approximate surface area is 225 Å². The Morgan fingerprint density at radius 2 is 1.23 bits per heavy atom. The summed E-state index contributed by atoms with van der Waals surface area (Å²) in [7, 11) is 0. The molecule has 0 aliphatic heterocycles. The minimum absolute atomic E-state index is 0.142. The van der Waals surface area contributed by atoms with Crippen LogP contribution in [0.3, 0.4) is 0 Å². The first-order chi connectivity index (χ1) is 19.0. The van der Waals surface area contributed by atoms with Gasteiger partial charge in [-0.05, 0) is 71.8 Å². The molecule has 0 aliphatic rings. The highest BCUT2D eigenvalue weighted by molar-refractivity contribution is 6.39. The molecule has 0 heterocycles. The number of benzene rings is 4. The Morgan fingerprint density at radius 1 is 0.641 bits per heavy atom. The highest BCUT2D eigenvalue weighted by Gasteiger charge is 2.13. The summed E-state index contributed by atoms with van der Waals surface area (Å²) in [4.78, 5) is 36.2. The van der Waals surface area contributed by atoms with Crippen molar-refractivity contribution < 1.29 is 23.9 Å². The van der Waals surface area contributed by atoms with E-state index in [0.717, 1.165) is 5.56 Å². The van der Waals surface area contributed by atoms with E-state index in [0.29, 0.717) is 35.0 Å². The molecule has 9 nitrogen and oxygen atoms in total. The van der Waals surface area contributed by atoms with Gasteiger partial charge in [0.05, 0.1) is 6.21 Å². The summed E-state index contributed by atoms with van der Waals surface area (Å²) in [6.45, 7) is 0.283. The number of carbonyl (C=O) groups excluding carboxylic acids is 3. The zero-order chi connectivity index (χ0) is 27.3. The lowest BCUT2D eigenvalue weighted by molar-refractivity contribution is -0.136. The highest BCUT2D eigenvalue weighted by Crippen LogP contribution is 2.17. The van der Waals surface area contributed by atoms with Crippen LogP contribution >= 0.6 is 0 Å². The minimum Gasteiger partial charge on any atom is -0.489 e. The molecule has 3 amide bonds. The first-order valence-electron chi connectivity index (χ1n) is 12.0. The van der Waals surface area contributed by atoms with E-state index in [1.165, 1.54) is 6.21 Å². The van der Waals surface area contributed by atoms with Gasteiger partial charge in [0.25, 0.3) is 5.91 Å². The molecule has 0 saturated carbocycles. The molecule has 0 saturated heterocycles. The van der Waals surface area contributed by atoms with Crippen molar-refractivity contribution in [2.24, 2.45) is 5.10 Å². The third kappa shape index (κ3) is 8.87. The lowest BCUT2D eigenvalue weighted by Crippen LogP contribution is -2.32. The maximum Gasteiger partial charge on any atom is 0.329 e. The average molecular weight is 523 g/mol. The number of carbonyl (C=O) groups is 3. The Bertz CT molecular complexity index is 1410. The molecular weight excluding hydrogens is 496 g/mol. The van der Waals surface area contributed by atoms with E-state index in [2.05, 4.69) is 21.2 Å². The van der Waals surface area contributed by atoms with E-state index in [1.807, 2.05) is 48.5 Å². The Hall–Kier alpha value is -5.44. The van der Waals surface area contributed by atoms with Crippen LogP contribution in [0.5, 0.6) is 11.5 Å². The van der Waals surface area contributed by atoms with Crippen molar-refractivity contribution in [2.75, 3.05) is 17.2 Å². The van der Waals surface area contributed by atoms with Crippen LogP contribution in [0.15, 0.2) is 114 Å². The van der Waals surface area contributed by atoms with Crippen molar-refractivity contribution in [2.45, 2.75) is 6.61 Å². The first kappa shape index (κ1) is 26.6. The third-order valence-corrected chi connectivity index (χ3v) is 5.25. The van der Waals surface area contributed by atoms with Crippen LogP contribution in [0.2, 0.25) is 0 Å². The van der Waals surface area contributed by atoms with Crippen molar-refractivity contribution in [3.05, 3.63) is 120 Å². The molecule has 0 spiro atoms. The highest BCUT2D eigenvalue weighted by atomic mass is 16.5. The normalized spacial score (nSPS) is 10.5. The second-order valence-corrected chi connectivity index (χ2v) is 8.22. The van der Waals surface area contributed by atoms with Crippen molar-refractivity contribution in [3.63, 3.8) is 0 Å². The molecule has 0 fully saturated rings. The van der Waals surface area contributed by atoms with Crippen molar-refractivity contribution >= 4 is 35.3 Å². The van der Waals surface area contributed by atoms with Gasteiger partial charge in [-0.1, -0.05) is 48.5 Å². The first-order valence-corrected chi connectivity index (χ1v) is 12.0. The molecule has 0 unspecified atom stereocenters. The number of ether oxygens (including phenoxy) is 2. The Kier molecular flexibility index (Phi) is 9.39. The number of hydrogen-bond acceptors (Lipinski definition) is 6. The summed E-state index contributed by atoms with van der Waals surface area (Å²) in [6, 6.07) is 32.3. The maximum atomic E-state index is 12.2. The lowest BCUT2D eigenvalue weighted by atomic mass is 10.2.